The minimum absolute atomic E-state index is 0.184. The number of nitrogens with zero attached hydrogens (tertiary/aromatic N) is 1. The molecule has 0 atom stereocenters. The fourth-order valence-corrected chi connectivity index (χ4v) is 3.43. The number of carbonyl (C=O) groups excluding carboxylic acids is 2. The number of carbonyl (C=O) groups is 2. The number of rotatable bonds is 5. The molecule has 1 aliphatic carbocycles. The highest BCUT2D eigenvalue weighted by atomic mass is 16.5. The van der Waals surface area contributed by atoms with Crippen molar-refractivity contribution >= 4 is 17.6 Å². The Morgan fingerprint density at radius 3 is 2.40 bits per heavy atom. The van der Waals surface area contributed by atoms with E-state index in [1.165, 1.54) is 13.5 Å². The molecule has 25 heavy (non-hydrogen) atoms. The monoisotopic (exact) mass is 344 g/mol. The van der Waals surface area contributed by atoms with E-state index in [-0.39, 0.29) is 18.5 Å². The first kappa shape index (κ1) is 17.3. The van der Waals surface area contributed by atoms with E-state index >= 15 is 0 Å². The van der Waals surface area contributed by atoms with Crippen LogP contribution in [-0.2, 0) is 14.3 Å². The summed E-state index contributed by atoms with van der Waals surface area (Å²) in [6.45, 7) is 0.215. The van der Waals surface area contributed by atoms with E-state index in [4.69, 9.17) is 9.47 Å². The molecule has 134 valence electrons. The molecule has 1 aromatic rings. The highest BCUT2D eigenvalue weighted by Gasteiger charge is 2.36. The number of hydrogen-bond donors (Lipinski definition) is 1. The molecule has 1 fully saturated rings. The zero-order chi connectivity index (χ0) is 17.8. The van der Waals surface area contributed by atoms with Gasteiger partial charge in [-0.25, -0.2) is 4.79 Å². The van der Waals surface area contributed by atoms with Crippen LogP contribution in [0, 0.1) is 0 Å². The molecule has 1 saturated carbocycles. The Balaban J connectivity index is 1.83. The average Bonchev–Trinajstić information content (AvgIpc) is 2.98. The first-order valence-corrected chi connectivity index (χ1v) is 8.68. The second-order valence-corrected chi connectivity index (χ2v) is 6.41. The van der Waals surface area contributed by atoms with Gasteiger partial charge >= 0.3 is 5.97 Å². The molecule has 6 heteroatoms. The van der Waals surface area contributed by atoms with Crippen LogP contribution in [0.25, 0.3) is 0 Å². The van der Waals surface area contributed by atoms with Gasteiger partial charge in [0.15, 0.2) is 0 Å². The van der Waals surface area contributed by atoms with Crippen molar-refractivity contribution in [3.8, 4) is 5.75 Å². The molecule has 0 spiro atoms. The number of nitrogens with one attached hydrogen (secondary N) is 1. The van der Waals surface area contributed by atoms with E-state index in [9.17, 15) is 9.59 Å². The van der Waals surface area contributed by atoms with Crippen LogP contribution in [0.15, 0.2) is 35.5 Å². The van der Waals surface area contributed by atoms with Crippen molar-refractivity contribution in [2.75, 3.05) is 25.7 Å². The van der Waals surface area contributed by atoms with Gasteiger partial charge in [-0.3, -0.25) is 4.79 Å². The summed E-state index contributed by atoms with van der Waals surface area (Å²) in [4.78, 5) is 26.7. The van der Waals surface area contributed by atoms with Crippen LogP contribution in [0.3, 0.4) is 0 Å². The van der Waals surface area contributed by atoms with Crippen molar-refractivity contribution in [2.45, 2.75) is 38.1 Å². The Morgan fingerprint density at radius 2 is 1.80 bits per heavy atom. The van der Waals surface area contributed by atoms with Gasteiger partial charge in [0.05, 0.1) is 26.3 Å². The third-order valence-corrected chi connectivity index (χ3v) is 4.85. The average molecular weight is 344 g/mol. The van der Waals surface area contributed by atoms with Crippen molar-refractivity contribution < 1.29 is 19.1 Å². The maximum atomic E-state index is 12.9. The van der Waals surface area contributed by atoms with Gasteiger partial charge in [-0.05, 0) is 37.1 Å². The van der Waals surface area contributed by atoms with E-state index < -0.39 is 5.97 Å². The molecular weight excluding hydrogens is 320 g/mol. The Bertz CT molecular complexity index is 675. The van der Waals surface area contributed by atoms with Crippen LogP contribution in [-0.4, -0.2) is 38.7 Å². The van der Waals surface area contributed by atoms with Gasteiger partial charge in [0.1, 0.15) is 11.4 Å². The van der Waals surface area contributed by atoms with E-state index in [0.29, 0.717) is 11.3 Å². The number of esters is 1. The van der Waals surface area contributed by atoms with Gasteiger partial charge in [-0.15, -0.1) is 0 Å². The summed E-state index contributed by atoms with van der Waals surface area (Å²) in [5.41, 5.74) is 1.51. The molecular formula is C19H24N2O4. The van der Waals surface area contributed by atoms with Gasteiger partial charge < -0.3 is 19.7 Å². The van der Waals surface area contributed by atoms with Crippen molar-refractivity contribution in [3.63, 3.8) is 0 Å². The van der Waals surface area contributed by atoms with Crippen LogP contribution >= 0.6 is 0 Å². The summed E-state index contributed by atoms with van der Waals surface area (Å²) < 4.78 is 10.0. The molecule has 1 aromatic carbocycles. The predicted molar refractivity (Wildman–Crippen MR) is 94.4 cm³/mol. The van der Waals surface area contributed by atoms with E-state index in [1.807, 2.05) is 12.1 Å². The zero-order valence-electron chi connectivity index (χ0n) is 14.7. The predicted octanol–water partition coefficient (Wildman–Crippen LogP) is 2.39. The fourth-order valence-electron chi connectivity index (χ4n) is 3.43. The maximum absolute atomic E-state index is 12.9. The molecule has 0 unspecified atom stereocenters. The Labute approximate surface area is 147 Å². The smallest absolute Gasteiger partial charge is 0.337 e. The summed E-state index contributed by atoms with van der Waals surface area (Å²) >= 11 is 0. The molecule has 1 N–H and O–H groups in total. The lowest BCUT2D eigenvalue weighted by atomic mass is 9.95. The molecule has 1 amide bonds. The first-order chi connectivity index (χ1) is 12.1. The molecule has 1 aliphatic heterocycles. The standard InChI is InChI=1S/C19H24N2O4/c1-24-15-10-8-14(9-11-15)21-12-16(19(23)25-2)17(18(21)22)20-13-6-4-3-5-7-13/h8-11,13,20H,3-7,12H2,1-2H3. The number of methoxy groups -OCH3 is 2. The van der Waals surface area contributed by atoms with Gasteiger partial charge in [0, 0.05) is 11.7 Å². The lowest BCUT2D eigenvalue weighted by Crippen LogP contribution is -2.36. The van der Waals surface area contributed by atoms with Gasteiger partial charge in [-0.1, -0.05) is 19.3 Å². The lowest BCUT2D eigenvalue weighted by molar-refractivity contribution is -0.136. The maximum Gasteiger partial charge on any atom is 0.337 e. The summed E-state index contributed by atoms with van der Waals surface area (Å²) in [6.07, 6.45) is 5.57. The number of anilines is 1. The number of hydrogen-bond acceptors (Lipinski definition) is 5. The highest BCUT2D eigenvalue weighted by Crippen LogP contribution is 2.28. The van der Waals surface area contributed by atoms with Gasteiger partial charge in [-0.2, -0.15) is 0 Å². The van der Waals surface area contributed by atoms with Crippen LogP contribution in [0.2, 0.25) is 0 Å². The molecule has 1 heterocycles. The van der Waals surface area contributed by atoms with Crippen LogP contribution in [0.1, 0.15) is 32.1 Å². The van der Waals surface area contributed by atoms with Crippen molar-refractivity contribution in [1.29, 1.82) is 0 Å². The van der Waals surface area contributed by atoms with Crippen LogP contribution in [0.5, 0.6) is 5.75 Å². The van der Waals surface area contributed by atoms with E-state index in [0.717, 1.165) is 37.1 Å². The van der Waals surface area contributed by atoms with Crippen LogP contribution < -0.4 is 15.0 Å². The van der Waals surface area contributed by atoms with Crippen molar-refractivity contribution in [2.24, 2.45) is 0 Å². The normalized spacial score (nSPS) is 18.5. The summed E-state index contributed by atoms with van der Waals surface area (Å²) in [5.74, 6) is 0.0795. The number of amides is 1. The molecule has 0 saturated heterocycles. The summed E-state index contributed by atoms with van der Waals surface area (Å²) in [6, 6.07) is 7.47. The fraction of sp³-hybridized carbons (Fsp3) is 0.474. The third kappa shape index (κ3) is 3.62. The summed E-state index contributed by atoms with van der Waals surface area (Å²) in [7, 11) is 2.94. The first-order valence-electron chi connectivity index (χ1n) is 8.68. The van der Waals surface area contributed by atoms with Gasteiger partial charge in [0.25, 0.3) is 5.91 Å². The number of benzene rings is 1. The third-order valence-electron chi connectivity index (χ3n) is 4.85. The second kappa shape index (κ2) is 7.59. The van der Waals surface area contributed by atoms with E-state index in [1.54, 1.807) is 24.1 Å². The Kier molecular flexibility index (Phi) is 5.26. The quantitative estimate of drug-likeness (QED) is 0.831. The lowest BCUT2D eigenvalue weighted by Gasteiger charge is -2.24. The molecule has 0 radical (unpaired) electrons. The van der Waals surface area contributed by atoms with Crippen LogP contribution in [0.4, 0.5) is 5.69 Å². The Hall–Kier alpha value is -2.50. The minimum Gasteiger partial charge on any atom is -0.497 e. The molecule has 6 nitrogen and oxygen atoms in total. The Morgan fingerprint density at radius 1 is 1.12 bits per heavy atom. The minimum atomic E-state index is -0.456. The summed E-state index contributed by atoms with van der Waals surface area (Å²) in [5, 5.41) is 3.32. The SMILES string of the molecule is COC(=O)C1=C(NC2CCCCC2)C(=O)N(c2ccc(OC)cc2)C1. The molecule has 2 aliphatic rings. The largest absolute Gasteiger partial charge is 0.497 e. The van der Waals surface area contributed by atoms with Crippen molar-refractivity contribution in [3.05, 3.63) is 35.5 Å². The molecule has 0 aromatic heterocycles. The van der Waals surface area contributed by atoms with Gasteiger partial charge in [0.2, 0.25) is 0 Å². The molecule has 0 bridgehead atoms. The zero-order valence-corrected chi connectivity index (χ0v) is 14.7. The van der Waals surface area contributed by atoms with E-state index in [2.05, 4.69) is 5.32 Å². The highest BCUT2D eigenvalue weighted by molar-refractivity contribution is 6.14. The second-order valence-electron chi connectivity index (χ2n) is 6.41. The van der Waals surface area contributed by atoms with Crippen molar-refractivity contribution in [1.82, 2.24) is 5.32 Å². The molecule has 3 rings (SSSR count). The topological polar surface area (TPSA) is 67.9 Å². The number of ether oxygens (including phenoxy) is 2.